The van der Waals surface area contributed by atoms with Gasteiger partial charge in [-0.25, -0.2) is 0 Å². The molecule has 3 heteroatoms. The summed E-state index contributed by atoms with van der Waals surface area (Å²) in [5.74, 6) is 0.679. The number of unbranched alkanes of at least 4 members (excludes halogenated alkanes) is 1. The van der Waals surface area contributed by atoms with E-state index >= 15 is 0 Å². The van der Waals surface area contributed by atoms with Crippen LogP contribution in [0.3, 0.4) is 0 Å². The van der Waals surface area contributed by atoms with Crippen molar-refractivity contribution in [3.63, 3.8) is 0 Å². The molecule has 2 atom stereocenters. The van der Waals surface area contributed by atoms with Gasteiger partial charge in [0.05, 0.1) is 12.7 Å². The van der Waals surface area contributed by atoms with Gasteiger partial charge < -0.3 is 15.2 Å². The Balaban J connectivity index is 3.21. The van der Waals surface area contributed by atoms with Crippen molar-refractivity contribution >= 4 is 0 Å². The molecule has 0 aromatic heterocycles. The Hall–Kier alpha value is -0.120. The first-order valence-electron chi connectivity index (χ1n) is 6.17. The van der Waals surface area contributed by atoms with Gasteiger partial charge in [-0.3, -0.25) is 0 Å². The SMILES string of the molecule is CCCCOCC(O)CNCC(C)CC. The van der Waals surface area contributed by atoms with Crippen LogP contribution in [0.1, 0.15) is 40.0 Å². The number of aliphatic hydroxyl groups excluding tert-OH is 1. The maximum absolute atomic E-state index is 9.55. The predicted octanol–water partition coefficient (Wildman–Crippen LogP) is 1.80. The van der Waals surface area contributed by atoms with Gasteiger partial charge in [-0.2, -0.15) is 0 Å². The molecule has 0 aromatic rings. The molecule has 0 heterocycles. The van der Waals surface area contributed by atoms with E-state index in [0.717, 1.165) is 26.0 Å². The van der Waals surface area contributed by atoms with Crippen molar-refractivity contribution in [2.75, 3.05) is 26.3 Å². The van der Waals surface area contributed by atoms with Gasteiger partial charge in [0.1, 0.15) is 0 Å². The van der Waals surface area contributed by atoms with Crippen molar-refractivity contribution in [1.82, 2.24) is 5.32 Å². The van der Waals surface area contributed by atoms with Crippen LogP contribution in [0.4, 0.5) is 0 Å². The number of rotatable bonds is 10. The number of hydrogen-bond donors (Lipinski definition) is 2. The molecule has 0 saturated carbocycles. The number of nitrogens with one attached hydrogen (secondary N) is 1. The van der Waals surface area contributed by atoms with E-state index < -0.39 is 0 Å². The molecule has 0 saturated heterocycles. The van der Waals surface area contributed by atoms with Gasteiger partial charge in [-0.05, 0) is 18.9 Å². The van der Waals surface area contributed by atoms with E-state index in [1.165, 1.54) is 6.42 Å². The molecule has 0 rings (SSSR count). The molecule has 2 unspecified atom stereocenters. The first-order valence-corrected chi connectivity index (χ1v) is 6.17. The lowest BCUT2D eigenvalue weighted by molar-refractivity contribution is 0.0356. The minimum atomic E-state index is -0.370. The van der Waals surface area contributed by atoms with Crippen LogP contribution in [0.15, 0.2) is 0 Å². The van der Waals surface area contributed by atoms with Gasteiger partial charge in [-0.1, -0.05) is 33.6 Å². The van der Waals surface area contributed by atoms with Crippen LogP contribution in [-0.2, 0) is 4.74 Å². The molecule has 0 aliphatic rings. The van der Waals surface area contributed by atoms with Crippen molar-refractivity contribution in [2.45, 2.75) is 46.1 Å². The van der Waals surface area contributed by atoms with Gasteiger partial charge in [-0.15, -0.1) is 0 Å². The van der Waals surface area contributed by atoms with Crippen LogP contribution in [0.5, 0.6) is 0 Å². The number of ether oxygens (including phenoxy) is 1. The summed E-state index contributed by atoms with van der Waals surface area (Å²) in [6.45, 7) is 9.34. The molecule has 92 valence electrons. The van der Waals surface area contributed by atoms with Gasteiger partial charge in [0, 0.05) is 13.2 Å². The normalized spacial score (nSPS) is 15.2. The zero-order chi connectivity index (χ0) is 11.5. The van der Waals surface area contributed by atoms with Crippen molar-refractivity contribution < 1.29 is 9.84 Å². The van der Waals surface area contributed by atoms with E-state index in [1.54, 1.807) is 0 Å². The molecule has 0 aliphatic carbocycles. The van der Waals surface area contributed by atoms with Crippen molar-refractivity contribution in [1.29, 1.82) is 0 Å². The van der Waals surface area contributed by atoms with E-state index in [0.29, 0.717) is 19.1 Å². The molecule has 0 bridgehead atoms. The molecule has 15 heavy (non-hydrogen) atoms. The second kappa shape index (κ2) is 10.4. The van der Waals surface area contributed by atoms with Crippen LogP contribution in [0, 0.1) is 5.92 Å². The summed E-state index contributed by atoms with van der Waals surface area (Å²) in [5, 5.41) is 12.8. The third-order valence-corrected chi connectivity index (χ3v) is 2.52. The Kier molecular flexibility index (Phi) is 10.3. The Bertz CT molecular complexity index is 131. The van der Waals surface area contributed by atoms with Crippen molar-refractivity contribution in [2.24, 2.45) is 5.92 Å². The molecule has 0 aliphatic heterocycles. The summed E-state index contributed by atoms with van der Waals surface area (Å²) in [6.07, 6.45) is 3.02. The second-order valence-corrected chi connectivity index (χ2v) is 4.25. The van der Waals surface area contributed by atoms with Crippen LogP contribution < -0.4 is 5.32 Å². The minimum absolute atomic E-state index is 0.370. The standard InChI is InChI=1S/C12H27NO2/c1-4-6-7-15-10-12(14)9-13-8-11(3)5-2/h11-14H,4-10H2,1-3H3. The van der Waals surface area contributed by atoms with Gasteiger partial charge in [0.2, 0.25) is 0 Å². The Morgan fingerprint density at radius 1 is 1.27 bits per heavy atom. The average Bonchev–Trinajstić information content (AvgIpc) is 2.24. The lowest BCUT2D eigenvalue weighted by atomic mass is 10.1. The molecule has 0 spiro atoms. The van der Waals surface area contributed by atoms with E-state index in [1.807, 2.05) is 0 Å². The summed E-state index contributed by atoms with van der Waals surface area (Å²) >= 11 is 0. The monoisotopic (exact) mass is 217 g/mol. The highest BCUT2D eigenvalue weighted by Gasteiger charge is 2.04. The first kappa shape index (κ1) is 14.9. The number of hydrogen-bond acceptors (Lipinski definition) is 3. The van der Waals surface area contributed by atoms with Crippen LogP contribution in [-0.4, -0.2) is 37.5 Å². The molecule has 0 amide bonds. The topological polar surface area (TPSA) is 41.5 Å². The summed E-state index contributed by atoms with van der Waals surface area (Å²) in [5.41, 5.74) is 0. The maximum atomic E-state index is 9.55. The van der Waals surface area contributed by atoms with Gasteiger partial charge >= 0.3 is 0 Å². The maximum Gasteiger partial charge on any atom is 0.0897 e. The van der Waals surface area contributed by atoms with Crippen LogP contribution in [0.25, 0.3) is 0 Å². The molecular weight excluding hydrogens is 190 g/mol. The highest BCUT2D eigenvalue weighted by Crippen LogP contribution is 1.97. The Labute approximate surface area is 94.2 Å². The highest BCUT2D eigenvalue weighted by atomic mass is 16.5. The summed E-state index contributed by atoms with van der Waals surface area (Å²) in [6, 6.07) is 0. The molecule has 0 radical (unpaired) electrons. The third kappa shape index (κ3) is 10.2. The fraction of sp³-hybridized carbons (Fsp3) is 1.00. The molecule has 0 aromatic carbocycles. The third-order valence-electron chi connectivity index (χ3n) is 2.52. The van der Waals surface area contributed by atoms with Gasteiger partial charge in [0.15, 0.2) is 0 Å². The molecular formula is C12H27NO2. The van der Waals surface area contributed by atoms with E-state index in [-0.39, 0.29) is 6.10 Å². The van der Waals surface area contributed by atoms with E-state index in [2.05, 4.69) is 26.1 Å². The smallest absolute Gasteiger partial charge is 0.0897 e. The van der Waals surface area contributed by atoms with Crippen LogP contribution in [0.2, 0.25) is 0 Å². The first-order chi connectivity index (χ1) is 7.20. The van der Waals surface area contributed by atoms with Crippen LogP contribution >= 0.6 is 0 Å². The van der Waals surface area contributed by atoms with Gasteiger partial charge in [0.25, 0.3) is 0 Å². The van der Waals surface area contributed by atoms with Crippen molar-refractivity contribution in [3.8, 4) is 0 Å². The number of aliphatic hydroxyl groups is 1. The van der Waals surface area contributed by atoms with E-state index in [4.69, 9.17) is 4.74 Å². The zero-order valence-electron chi connectivity index (χ0n) is 10.5. The summed E-state index contributed by atoms with van der Waals surface area (Å²) in [4.78, 5) is 0. The highest BCUT2D eigenvalue weighted by molar-refractivity contribution is 4.60. The Morgan fingerprint density at radius 2 is 2.00 bits per heavy atom. The van der Waals surface area contributed by atoms with Crippen molar-refractivity contribution in [3.05, 3.63) is 0 Å². The van der Waals surface area contributed by atoms with E-state index in [9.17, 15) is 5.11 Å². The minimum Gasteiger partial charge on any atom is -0.389 e. The summed E-state index contributed by atoms with van der Waals surface area (Å²) < 4.78 is 5.33. The molecule has 0 fully saturated rings. The fourth-order valence-corrected chi connectivity index (χ4v) is 1.17. The second-order valence-electron chi connectivity index (χ2n) is 4.25. The summed E-state index contributed by atoms with van der Waals surface area (Å²) in [7, 11) is 0. The molecule has 3 nitrogen and oxygen atoms in total. The molecule has 2 N–H and O–H groups in total. The average molecular weight is 217 g/mol. The predicted molar refractivity (Wildman–Crippen MR) is 64.1 cm³/mol. The lowest BCUT2D eigenvalue weighted by Crippen LogP contribution is -2.33. The Morgan fingerprint density at radius 3 is 2.60 bits per heavy atom. The zero-order valence-corrected chi connectivity index (χ0v) is 10.5. The fourth-order valence-electron chi connectivity index (χ4n) is 1.17. The lowest BCUT2D eigenvalue weighted by Gasteiger charge is -2.14. The quantitative estimate of drug-likeness (QED) is 0.548. The largest absolute Gasteiger partial charge is 0.389 e.